The van der Waals surface area contributed by atoms with Crippen LogP contribution in [0.25, 0.3) is 31.3 Å². The summed E-state index contributed by atoms with van der Waals surface area (Å²) in [7, 11) is 1.34. The highest BCUT2D eigenvalue weighted by molar-refractivity contribution is 5.89. The molecule has 0 bridgehead atoms. The Labute approximate surface area is 441 Å². The van der Waals surface area contributed by atoms with Gasteiger partial charge in [0.05, 0.1) is 68.9 Å². The van der Waals surface area contributed by atoms with Gasteiger partial charge in [-0.1, -0.05) is 131 Å². The first kappa shape index (κ1) is 57.1. The van der Waals surface area contributed by atoms with E-state index in [2.05, 4.69) is 30.1 Å². The van der Waals surface area contributed by atoms with Crippen molar-refractivity contribution in [2.75, 3.05) is 20.3 Å². The van der Waals surface area contributed by atoms with E-state index in [1.165, 1.54) is 7.11 Å². The van der Waals surface area contributed by atoms with Gasteiger partial charge in [0.25, 0.3) is 0 Å². The van der Waals surface area contributed by atoms with Crippen molar-refractivity contribution in [2.24, 2.45) is 15.3 Å². The molecular weight excluding hydrogens is 983 g/mol. The second-order valence-corrected chi connectivity index (χ2v) is 18.9. The lowest BCUT2D eigenvalue weighted by Crippen LogP contribution is -2.66. The van der Waals surface area contributed by atoms with Crippen molar-refractivity contribution in [3.63, 3.8) is 0 Å². The number of azide groups is 3. The van der Waals surface area contributed by atoms with Gasteiger partial charge in [-0.3, -0.25) is 4.79 Å². The quantitative estimate of drug-likeness (QED) is 0.0186. The number of ether oxygens (including phenoxy) is 11. The van der Waals surface area contributed by atoms with Gasteiger partial charge in [-0.2, -0.15) is 0 Å². The molecule has 11 unspecified atom stereocenters. The lowest BCUT2D eigenvalue weighted by Gasteiger charge is -2.51. The summed E-state index contributed by atoms with van der Waals surface area (Å²) in [6.07, 6.45) is -10.9. The molecule has 4 aromatic rings. The first-order valence-corrected chi connectivity index (χ1v) is 25.3. The Balaban J connectivity index is 1.32. The number of hydrogen-bond donors (Lipinski definition) is 0. The van der Waals surface area contributed by atoms with Gasteiger partial charge >= 0.3 is 11.9 Å². The Morgan fingerprint density at radius 3 is 1.63 bits per heavy atom. The number of methoxy groups -OCH3 is 1. The summed E-state index contributed by atoms with van der Waals surface area (Å²) >= 11 is 0. The van der Waals surface area contributed by atoms with Crippen LogP contribution in [-0.4, -0.2) is 118 Å². The number of carbonyl (C=O) groups is 2. The fourth-order valence-electron chi connectivity index (χ4n) is 9.35. The van der Waals surface area contributed by atoms with Crippen LogP contribution < -0.4 is 0 Å². The van der Waals surface area contributed by atoms with E-state index in [9.17, 15) is 26.2 Å². The highest BCUT2D eigenvalue weighted by Gasteiger charge is 2.56. The standard InChI is InChI=1S/C54H65N9O13/c1-35-43(59-62-56)46(69-32-38-22-12-6-13-23-38)48(51(71-35)67-29-19-9-18-28-42(64)66-4)74-52-49(47(44(60-63-57)36(2)72-52)70-33-39-24-14-7-15-25-39)75-53-45(73-50(65)40-26-16-8-17-27-40)41(30-54(3,76-53)34-58-61-55)68-31-37-20-10-5-11-21-37/h5-8,10-17,20-27,35-36,41,43-49,51-53H,9,18-19,28-34H2,1-4H3/t35?,36?,41?,43?,44?,45?,46?,47?,48?,49?,51-,52+,53-,54?/m0/s1. The highest BCUT2D eigenvalue weighted by atomic mass is 16.8. The van der Waals surface area contributed by atoms with Crippen LogP contribution in [-0.2, 0) is 76.7 Å². The third-order valence-corrected chi connectivity index (χ3v) is 13.3. The van der Waals surface area contributed by atoms with E-state index in [4.69, 9.17) is 52.1 Å². The Bertz CT molecular complexity index is 2580. The number of nitrogens with zero attached hydrogens (tertiary/aromatic N) is 9. The lowest BCUT2D eigenvalue weighted by molar-refractivity contribution is -0.383. The molecule has 14 atom stereocenters. The number of rotatable bonds is 26. The molecule has 0 radical (unpaired) electrons. The zero-order chi connectivity index (χ0) is 53.7. The molecule has 0 N–H and O–H groups in total. The average Bonchev–Trinajstić information content (AvgIpc) is 3.44. The predicted molar refractivity (Wildman–Crippen MR) is 273 cm³/mol. The Morgan fingerprint density at radius 2 is 1.11 bits per heavy atom. The van der Waals surface area contributed by atoms with Crippen molar-refractivity contribution in [2.45, 2.75) is 158 Å². The van der Waals surface area contributed by atoms with Crippen LogP contribution in [0.3, 0.4) is 0 Å². The monoisotopic (exact) mass is 1050 g/mol. The zero-order valence-electron chi connectivity index (χ0n) is 43.0. The maximum Gasteiger partial charge on any atom is 0.338 e. The fraction of sp³-hybridized carbons (Fsp3) is 0.519. The van der Waals surface area contributed by atoms with Crippen molar-refractivity contribution in [1.29, 1.82) is 0 Å². The Kier molecular flexibility index (Phi) is 21.8. The molecule has 76 heavy (non-hydrogen) atoms. The summed E-state index contributed by atoms with van der Waals surface area (Å²) in [6.45, 7) is 5.32. The number of carbonyl (C=O) groups excluding carboxylic acids is 2. The van der Waals surface area contributed by atoms with Crippen LogP contribution in [0.4, 0.5) is 0 Å². The maximum atomic E-state index is 14.2. The van der Waals surface area contributed by atoms with Gasteiger partial charge in [0.1, 0.15) is 30.5 Å². The SMILES string of the molecule is COC(=O)CCCCCO[C@H]1OC(C)C(N=[N+]=[N-])C(OCc2ccccc2)C1O[C@H]1OC(C)C(N=[N+]=[N-])C(OCc2ccccc2)C1O[C@H]1OC(C)(CN=[N+]=[N-])CC(OCc2ccccc2)C1OC(=O)c1ccccc1. The van der Waals surface area contributed by atoms with Gasteiger partial charge in [-0.05, 0) is 79.0 Å². The Hall–Kier alpha value is -6.61. The van der Waals surface area contributed by atoms with Crippen molar-refractivity contribution < 1.29 is 61.7 Å². The minimum atomic E-state index is -1.54. The summed E-state index contributed by atoms with van der Waals surface area (Å²) in [5.41, 5.74) is 31.0. The molecule has 3 aliphatic heterocycles. The van der Waals surface area contributed by atoms with Gasteiger partial charge < -0.3 is 52.1 Å². The van der Waals surface area contributed by atoms with Crippen LogP contribution in [0, 0.1) is 0 Å². The molecule has 3 fully saturated rings. The average molecular weight is 1050 g/mol. The minimum Gasteiger partial charge on any atom is -0.469 e. The van der Waals surface area contributed by atoms with Gasteiger partial charge in [0.15, 0.2) is 25.0 Å². The molecule has 404 valence electrons. The molecule has 3 aliphatic rings. The van der Waals surface area contributed by atoms with E-state index in [0.717, 1.165) is 16.7 Å². The first-order valence-electron chi connectivity index (χ1n) is 25.3. The maximum absolute atomic E-state index is 14.2. The third kappa shape index (κ3) is 16.0. The summed E-state index contributed by atoms with van der Waals surface area (Å²) < 4.78 is 72.1. The molecule has 0 aromatic heterocycles. The number of esters is 2. The number of benzene rings is 4. The molecule has 0 aliphatic carbocycles. The van der Waals surface area contributed by atoms with Crippen molar-refractivity contribution in [1.82, 2.24) is 0 Å². The highest BCUT2D eigenvalue weighted by Crippen LogP contribution is 2.40. The summed E-state index contributed by atoms with van der Waals surface area (Å²) in [6, 6.07) is 34.5. The van der Waals surface area contributed by atoms with Crippen LogP contribution in [0.5, 0.6) is 0 Å². The second-order valence-electron chi connectivity index (χ2n) is 18.9. The number of hydrogen-bond acceptors (Lipinski definition) is 16. The molecule has 0 amide bonds. The van der Waals surface area contributed by atoms with Crippen LogP contribution in [0.1, 0.15) is 79.9 Å². The van der Waals surface area contributed by atoms with E-state index in [0.29, 0.717) is 19.3 Å². The topological polar surface area (TPSA) is 282 Å². The smallest absolute Gasteiger partial charge is 0.338 e. The zero-order valence-corrected chi connectivity index (χ0v) is 43.0. The van der Waals surface area contributed by atoms with Crippen LogP contribution in [0.15, 0.2) is 137 Å². The van der Waals surface area contributed by atoms with Gasteiger partial charge in [-0.15, -0.1) is 0 Å². The van der Waals surface area contributed by atoms with Crippen LogP contribution in [0.2, 0.25) is 0 Å². The molecule has 0 spiro atoms. The normalized spacial score (nSPS) is 29.1. The molecular formula is C54H65N9O13. The number of unbranched alkanes of at least 4 members (excludes halogenated alkanes) is 2. The predicted octanol–water partition coefficient (Wildman–Crippen LogP) is 10.2. The molecule has 22 nitrogen and oxygen atoms in total. The summed E-state index contributed by atoms with van der Waals surface area (Å²) in [5, 5.41) is 12.2. The molecule has 3 saturated heterocycles. The van der Waals surface area contributed by atoms with Crippen molar-refractivity contribution in [3.05, 3.63) is 175 Å². The van der Waals surface area contributed by atoms with Gasteiger partial charge in [0, 0.05) is 34.2 Å². The molecule has 7 rings (SSSR count). The molecule has 0 saturated carbocycles. The first-order chi connectivity index (χ1) is 37.0. The largest absolute Gasteiger partial charge is 0.469 e. The summed E-state index contributed by atoms with van der Waals surface area (Å²) in [5.74, 6) is -1.02. The van der Waals surface area contributed by atoms with Gasteiger partial charge in [-0.25, -0.2) is 4.79 Å². The van der Waals surface area contributed by atoms with E-state index < -0.39 is 91.4 Å². The molecule has 3 heterocycles. The van der Waals surface area contributed by atoms with Crippen LogP contribution >= 0.6 is 0 Å². The van der Waals surface area contributed by atoms with E-state index in [-0.39, 0.29) is 57.3 Å². The van der Waals surface area contributed by atoms with E-state index in [1.54, 1.807) is 51.1 Å². The second kappa shape index (κ2) is 29.1. The van der Waals surface area contributed by atoms with Crippen molar-refractivity contribution in [3.8, 4) is 0 Å². The van der Waals surface area contributed by atoms with E-state index >= 15 is 0 Å². The molecule has 22 heteroatoms. The molecule has 4 aromatic carbocycles. The summed E-state index contributed by atoms with van der Waals surface area (Å²) in [4.78, 5) is 35.5. The Morgan fingerprint density at radius 1 is 0.605 bits per heavy atom. The lowest BCUT2D eigenvalue weighted by atomic mass is 9.90. The minimum absolute atomic E-state index is 0.00511. The van der Waals surface area contributed by atoms with E-state index in [1.807, 2.05) is 91.0 Å². The van der Waals surface area contributed by atoms with Crippen molar-refractivity contribution >= 4 is 11.9 Å². The fourth-order valence-corrected chi connectivity index (χ4v) is 9.35. The third-order valence-electron chi connectivity index (χ3n) is 13.3. The van der Waals surface area contributed by atoms with Gasteiger partial charge in [0.2, 0.25) is 0 Å².